The second kappa shape index (κ2) is 8.23. The summed E-state index contributed by atoms with van der Waals surface area (Å²) in [5.41, 5.74) is 0.236. The van der Waals surface area contributed by atoms with Crippen LogP contribution in [-0.2, 0) is 22.6 Å². The molecule has 1 aliphatic rings. The molecule has 0 unspecified atom stereocenters. The molecule has 0 atom stereocenters. The van der Waals surface area contributed by atoms with Gasteiger partial charge in [0.2, 0.25) is 10.0 Å². The topological polar surface area (TPSA) is 72.6 Å². The van der Waals surface area contributed by atoms with E-state index in [1.165, 1.54) is 6.07 Å². The molecule has 0 spiro atoms. The first-order valence-corrected chi connectivity index (χ1v) is 10.7. The summed E-state index contributed by atoms with van der Waals surface area (Å²) in [7, 11) is -2.83. The normalized spacial score (nSPS) is 16.1. The number of piperidine rings is 1. The van der Waals surface area contributed by atoms with Gasteiger partial charge in [0.25, 0.3) is 0 Å². The van der Waals surface area contributed by atoms with Crippen molar-refractivity contribution in [1.82, 2.24) is 0 Å². The highest BCUT2D eigenvalue weighted by atomic mass is 32.2. The number of rotatable bonds is 5. The quantitative estimate of drug-likeness (QED) is 0.786. The monoisotopic (exact) mass is 428 g/mol. The number of methoxy groups -OCH3 is 1. The lowest BCUT2D eigenvalue weighted by atomic mass is 9.89. The Kier molecular flexibility index (Phi) is 6.09. The van der Waals surface area contributed by atoms with Gasteiger partial charge in [0, 0.05) is 18.8 Å². The summed E-state index contributed by atoms with van der Waals surface area (Å²) in [5, 5.41) is 4.95. The van der Waals surface area contributed by atoms with Crippen LogP contribution >= 0.6 is 0 Å². The molecular formula is C20H23F3N2O3S. The SMILES string of the molecule is COc1ccccc1CC1CCN(c2ccc(S(N)(=O)=O)c(C(F)(F)F)c2)CC1. The second-order valence-corrected chi connectivity index (χ2v) is 8.70. The van der Waals surface area contributed by atoms with E-state index in [0.29, 0.717) is 24.7 Å². The molecule has 2 aromatic rings. The molecule has 1 aliphatic heterocycles. The molecule has 1 heterocycles. The minimum atomic E-state index is -4.81. The third-order valence-electron chi connectivity index (χ3n) is 5.26. The van der Waals surface area contributed by atoms with Gasteiger partial charge in [-0.1, -0.05) is 18.2 Å². The van der Waals surface area contributed by atoms with Crippen molar-refractivity contribution in [2.24, 2.45) is 11.1 Å². The summed E-state index contributed by atoms with van der Waals surface area (Å²) < 4.78 is 68.5. The molecule has 5 nitrogen and oxygen atoms in total. The number of hydrogen-bond donors (Lipinski definition) is 1. The third-order valence-corrected chi connectivity index (χ3v) is 6.22. The van der Waals surface area contributed by atoms with Crippen LogP contribution in [0.1, 0.15) is 24.0 Å². The Hall–Kier alpha value is -2.26. The third kappa shape index (κ3) is 5.02. The van der Waals surface area contributed by atoms with E-state index in [2.05, 4.69) is 0 Å². The Balaban J connectivity index is 1.74. The van der Waals surface area contributed by atoms with Gasteiger partial charge in [-0.05, 0) is 55.0 Å². The minimum Gasteiger partial charge on any atom is -0.496 e. The van der Waals surface area contributed by atoms with Crippen molar-refractivity contribution >= 4 is 15.7 Å². The number of nitrogens with two attached hydrogens (primary N) is 1. The minimum absolute atomic E-state index is 0.348. The fourth-order valence-corrected chi connectivity index (χ4v) is 4.50. The maximum atomic E-state index is 13.4. The number of alkyl halides is 3. The molecule has 0 amide bonds. The molecule has 2 aromatic carbocycles. The van der Waals surface area contributed by atoms with E-state index in [1.807, 2.05) is 29.2 Å². The molecular weight excluding hydrogens is 405 g/mol. The van der Waals surface area contributed by atoms with Crippen LogP contribution in [-0.4, -0.2) is 28.6 Å². The average Bonchev–Trinajstić information content (AvgIpc) is 2.67. The van der Waals surface area contributed by atoms with Crippen LogP contribution in [0.2, 0.25) is 0 Å². The zero-order valence-electron chi connectivity index (χ0n) is 15.9. The van der Waals surface area contributed by atoms with Crippen molar-refractivity contribution < 1.29 is 26.3 Å². The van der Waals surface area contributed by atoms with Gasteiger partial charge in [-0.25, -0.2) is 13.6 Å². The number of nitrogens with zero attached hydrogens (tertiary/aromatic N) is 1. The van der Waals surface area contributed by atoms with Crippen molar-refractivity contribution in [3.05, 3.63) is 53.6 Å². The van der Waals surface area contributed by atoms with Crippen LogP contribution in [0.25, 0.3) is 0 Å². The summed E-state index contributed by atoms with van der Waals surface area (Å²) in [6.45, 7) is 1.18. The number of primary sulfonamides is 1. The van der Waals surface area contributed by atoms with Crippen molar-refractivity contribution in [2.45, 2.75) is 30.3 Å². The van der Waals surface area contributed by atoms with Gasteiger partial charge in [-0.2, -0.15) is 13.2 Å². The van der Waals surface area contributed by atoms with E-state index in [4.69, 9.17) is 9.88 Å². The Labute approximate surface area is 168 Å². The highest BCUT2D eigenvalue weighted by Gasteiger charge is 2.37. The van der Waals surface area contributed by atoms with Crippen LogP contribution in [0.3, 0.4) is 0 Å². The van der Waals surface area contributed by atoms with Gasteiger partial charge < -0.3 is 9.64 Å². The molecule has 0 radical (unpaired) electrons. The van der Waals surface area contributed by atoms with Crippen LogP contribution in [0.4, 0.5) is 18.9 Å². The summed E-state index contributed by atoms with van der Waals surface area (Å²) in [6.07, 6.45) is -2.33. The number of para-hydroxylation sites is 1. The molecule has 0 bridgehead atoms. The largest absolute Gasteiger partial charge is 0.496 e. The highest BCUT2D eigenvalue weighted by molar-refractivity contribution is 7.89. The molecule has 0 saturated carbocycles. The standard InChI is InChI=1S/C20H23F3N2O3S/c1-28-18-5-3-2-4-15(18)12-14-8-10-25(11-9-14)16-6-7-19(29(24,26)27)17(13-16)20(21,22)23/h2-7,13-14H,8-12H2,1H3,(H2,24,26,27). The highest BCUT2D eigenvalue weighted by Crippen LogP contribution is 2.37. The fourth-order valence-electron chi connectivity index (χ4n) is 3.76. The maximum absolute atomic E-state index is 13.4. The molecule has 1 fully saturated rings. The van der Waals surface area contributed by atoms with Gasteiger partial charge in [-0.3, -0.25) is 0 Å². The van der Waals surface area contributed by atoms with Gasteiger partial charge in [0.1, 0.15) is 5.75 Å². The van der Waals surface area contributed by atoms with Crippen LogP contribution < -0.4 is 14.8 Å². The van der Waals surface area contributed by atoms with E-state index >= 15 is 0 Å². The Bertz CT molecular complexity index is 969. The zero-order valence-corrected chi connectivity index (χ0v) is 16.8. The molecule has 9 heteroatoms. The van der Waals surface area contributed by atoms with Gasteiger partial charge in [0.15, 0.2) is 0 Å². The van der Waals surface area contributed by atoms with E-state index in [9.17, 15) is 21.6 Å². The van der Waals surface area contributed by atoms with Crippen LogP contribution in [0.15, 0.2) is 47.4 Å². The van der Waals surface area contributed by atoms with Gasteiger partial charge in [0.05, 0.1) is 17.6 Å². The molecule has 29 heavy (non-hydrogen) atoms. The summed E-state index contributed by atoms with van der Waals surface area (Å²) >= 11 is 0. The first-order chi connectivity index (χ1) is 13.6. The summed E-state index contributed by atoms with van der Waals surface area (Å²) in [6, 6.07) is 11.0. The first kappa shape index (κ1) is 21.4. The Morgan fingerprint density at radius 3 is 2.38 bits per heavy atom. The van der Waals surface area contributed by atoms with Crippen LogP contribution in [0.5, 0.6) is 5.75 Å². The summed E-state index contributed by atoms with van der Waals surface area (Å²) in [5.74, 6) is 1.23. The number of benzene rings is 2. The fraction of sp³-hybridized carbons (Fsp3) is 0.400. The number of halogens is 3. The number of hydrogen-bond acceptors (Lipinski definition) is 4. The zero-order chi connectivity index (χ0) is 21.2. The average molecular weight is 428 g/mol. The molecule has 0 aliphatic carbocycles. The number of ether oxygens (including phenoxy) is 1. The van der Waals surface area contributed by atoms with Crippen molar-refractivity contribution in [3.8, 4) is 5.75 Å². The molecule has 158 valence electrons. The number of sulfonamides is 1. The van der Waals surface area contributed by atoms with Crippen molar-refractivity contribution in [3.63, 3.8) is 0 Å². The molecule has 2 N–H and O–H groups in total. The Morgan fingerprint density at radius 2 is 1.79 bits per heavy atom. The van der Waals surface area contributed by atoms with E-state index in [1.54, 1.807) is 7.11 Å². The second-order valence-electron chi connectivity index (χ2n) is 7.17. The van der Waals surface area contributed by atoms with E-state index in [0.717, 1.165) is 42.7 Å². The predicted molar refractivity (Wildman–Crippen MR) is 104 cm³/mol. The maximum Gasteiger partial charge on any atom is 0.417 e. The first-order valence-electron chi connectivity index (χ1n) is 9.20. The Morgan fingerprint density at radius 1 is 1.14 bits per heavy atom. The molecule has 1 saturated heterocycles. The lowest BCUT2D eigenvalue weighted by Crippen LogP contribution is -2.34. The van der Waals surface area contributed by atoms with Crippen LogP contribution in [0, 0.1) is 5.92 Å². The smallest absolute Gasteiger partial charge is 0.417 e. The van der Waals surface area contributed by atoms with E-state index < -0.39 is 26.7 Å². The van der Waals surface area contributed by atoms with Gasteiger partial charge >= 0.3 is 6.18 Å². The lowest BCUT2D eigenvalue weighted by Gasteiger charge is -2.34. The molecule has 3 rings (SSSR count). The van der Waals surface area contributed by atoms with E-state index in [-0.39, 0.29) is 0 Å². The summed E-state index contributed by atoms with van der Waals surface area (Å²) in [4.78, 5) is 0.945. The van der Waals surface area contributed by atoms with Gasteiger partial charge in [-0.15, -0.1) is 0 Å². The lowest BCUT2D eigenvalue weighted by molar-refractivity contribution is -0.139. The number of anilines is 1. The molecule has 0 aromatic heterocycles. The predicted octanol–water partition coefficient (Wildman–Crippen LogP) is 3.82. The van der Waals surface area contributed by atoms with Crippen molar-refractivity contribution in [1.29, 1.82) is 0 Å². The van der Waals surface area contributed by atoms with Crippen molar-refractivity contribution in [2.75, 3.05) is 25.1 Å².